The van der Waals surface area contributed by atoms with Gasteiger partial charge in [-0.15, -0.1) is 0 Å². The van der Waals surface area contributed by atoms with Crippen molar-refractivity contribution in [3.63, 3.8) is 0 Å². The van der Waals surface area contributed by atoms with Crippen LogP contribution in [0.15, 0.2) is 72.8 Å². The van der Waals surface area contributed by atoms with E-state index in [2.05, 4.69) is 78.3 Å². The van der Waals surface area contributed by atoms with E-state index in [4.69, 9.17) is 9.72 Å². The summed E-state index contributed by atoms with van der Waals surface area (Å²) in [6.45, 7) is 5.82. The maximum Gasteiger partial charge on any atom is 0.100 e. The fourth-order valence-electron chi connectivity index (χ4n) is 8.58. The quantitative estimate of drug-likeness (QED) is 0.365. The van der Waals surface area contributed by atoms with Gasteiger partial charge in [0.25, 0.3) is 0 Å². The molecular formula is C32H37N3O. The minimum absolute atomic E-state index is 0.243. The number of hydrogen-bond donors (Lipinski definition) is 0. The molecule has 36 heavy (non-hydrogen) atoms. The molecule has 2 fully saturated rings. The molecule has 186 valence electrons. The second kappa shape index (κ2) is 8.41. The van der Waals surface area contributed by atoms with E-state index in [1.807, 2.05) is 12.4 Å². The van der Waals surface area contributed by atoms with Gasteiger partial charge in [0.1, 0.15) is 6.33 Å². The normalized spacial score (nSPS) is 35.5. The van der Waals surface area contributed by atoms with Gasteiger partial charge in [-0.3, -0.25) is 4.98 Å². The molecule has 2 heterocycles. The molecule has 0 aliphatic heterocycles. The number of benzene rings is 1. The van der Waals surface area contributed by atoms with Crippen LogP contribution in [0.5, 0.6) is 0 Å². The molecule has 3 aromatic rings. The minimum Gasteiger partial charge on any atom is -0.369 e. The van der Waals surface area contributed by atoms with Gasteiger partial charge in [0.15, 0.2) is 0 Å². The zero-order valence-corrected chi connectivity index (χ0v) is 21.6. The molecule has 4 nitrogen and oxygen atoms in total. The van der Waals surface area contributed by atoms with Crippen LogP contribution in [0.25, 0.3) is 16.7 Å². The van der Waals surface area contributed by atoms with Crippen molar-refractivity contribution in [2.75, 3.05) is 0 Å². The number of nitrogens with zero attached hydrogens (tertiary/aromatic N) is 3. The zero-order valence-electron chi connectivity index (χ0n) is 21.6. The molecule has 0 saturated heterocycles. The number of ether oxygens (including phenoxy) is 1. The second-order valence-electron chi connectivity index (χ2n) is 12.2. The Balaban J connectivity index is 1.11. The van der Waals surface area contributed by atoms with Crippen LogP contribution in [0.1, 0.15) is 64.4 Å². The minimum atomic E-state index is 0.243. The number of allylic oxidation sites excluding steroid dienone is 3. The molecule has 6 atom stereocenters. The van der Waals surface area contributed by atoms with Gasteiger partial charge in [0, 0.05) is 23.5 Å². The molecule has 0 spiro atoms. The third-order valence-corrected chi connectivity index (χ3v) is 10.5. The van der Waals surface area contributed by atoms with Crippen molar-refractivity contribution in [3.8, 4) is 0 Å². The van der Waals surface area contributed by atoms with Gasteiger partial charge >= 0.3 is 0 Å². The SMILES string of the molecule is C[C@]12CCC(OCc3ccncc3)C=C1CCC1C2CC[C@]2(C)C(n3cnc4ccccc43)=CCC12. The Morgan fingerprint density at radius 3 is 2.69 bits per heavy atom. The van der Waals surface area contributed by atoms with Crippen LogP contribution < -0.4 is 0 Å². The fraction of sp³-hybridized carbons (Fsp3) is 0.500. The van der Waals surface area contributed by atoms with E-state index in [9.17, 15) is 0 Å². The van der Waals surface area contributed by atoms with E-state index < -0.39 is 0 Å². The lowest BCUT2D eigenvalue weighted by Crippen LogP contribution is -2.50. The molecule has 4 heteroatoms. The summed E-state index contributed by atoms with van der Waals surface area (Å²) in [4.78, 5) is 8.85. The Labute approximate surface area is 214 Å². The van der Waals surface area contributed by atoms with Crippen LogP contribution in [-0.2, 0) is 11.3 Å². The first-order valence-corrected chi connectivity index (χ1v) is 13.9. The predicted octanol–water partition coefficient (Wildman–Crippen LogP) is 7.43. The summed E-state index contributed by atoms with van der Waals surface area (Å²) in [7, 11) is 0. The lowest BCUT2D eigenvalue weighted by molar-refractivity contribution is -0.0366. The zero-order chi connectivity index (χ0) is 24.3. The fourth-order valence-corrected chi connectivity index (χ4v) is 8.58. The Bertz CT molecular complexity index is 1340. The van der Waals surface area contributed by atoms with Crippen molar-refractivity contribution < 1.29 is 4.74 Å². The van der Waals surface area contributed by atoms with Crippen molar-refractivity contribution >= 4 is 16.7 Å². The number of imidazole rings is 1. The maximum atomic E-state index is 6.35. The van der Waals surface area contributed by atoms with Crippen LogP contribution in [0.4, 0.5) is 0 Å². The summed E-state index contributed by atoms with van der Waals surface area (Å²) in [6.07, 6.45) is 19.9. The summed E-state index contributed by atoms with van der Waals surface area (Å²) >= 11 is 0. The average Bonchev–Trinajstić information content (AvgIpc) is 3.48. The van der Waals surface area contributed by atoms with Crippen LogP contribution in [-0.4, -0.2) is 20.6 Å². The van der Waals surface area contributed by atoms with Crippen LogP contribution in [0.2, 0.25) is 0 Å². The second-order valence-corrected chi connectivity index (χ2v) is 12.2. The van der Waals surface area contributed by atoms with E-state index in [1.165, 1.54) is 55.3 Å². The number of aromatic nitrogens is 3. The predicted molar refractivity (Wildman–Crippen MR) is 144 cm³/mol. The van der Waals surface area contributed by atoms with Crippen LogP contribution in [0.3, 0.4) is 0 Å². The topological polar surface area (TPSA) is 39.9 Å². The standard InChI is InChI=1S/C32H37N3O/c1-31-15-11-24(36-20-22-13-17-33-18-14-22)19-23(31)7-8-25-26-9-10-30(32(26,2)16-12-27(25)31)35-21-34-28-5-3-4-6-29(28)35/h3-6,10,13-14,17-19,21,24-27H,7-9,11-12,15-16,20H2,1-2H3/t24?,25?,26?,27?,31-,32-/m0/s1. The van der Waals surface area contributed by atoms with E-state index >= 15 is 0 Å². The Hall–Kier alpha value is -2.72. The Morgan fingerprint density at radius 2 is 1.81 bits per heavy atom. The van der Waals surface area contributed by atoms with Gasteiger partial charge in [-0.25, -0.2) is 4.98 Å². The molecular weight excluding hydrogens is 442 g/mol. The highest BCUT2D eigenvalue weighted by Gasteiger charge is 2.57. The van der Waals surface area contributed by atoms with Gasteiger partial charge in [-0.05, 0) is 97.9 Å². The summed E-state index contributed by atoms with van der Waals surface area (Å²) < 4.78 is 8.75. The van der Waals surface area contributed by atoms with Gasteiger partial charge in [0.05, 0.1) is 23.7 Å². The van der Waals surface area contributed by atoms with E-state index in [0.717, 1.165) is 29.7 Å². The molecule has 4 unspecified atom stereocenters. The third-order valence-electron chi connectivity index (χ3n) is 10.5. The monoisotopic (exact) mass is 479 g/mol. The molecule has 0 N–H and O–H groups in total. The van der Waals surface area contributed by atoms with Gasteiger partial charge in [0.2, 0.25) is 0 Å². The smallest absolute Gasteiger partial charge is 0.100 e. The van der Waals surface area contributed by atoms with E-state index in [-0.39, 0.29) is 11.5 Å². The van der Waals surface area contributed by atoms with Crippen molar-refractivity contribution in [2.45, 2.75) is 71.5 Å². The molecule has 7 rings (SSSR count). The van der Waals surface area contributed by atoms with E-state index in [1.54, 1.807) is 5.57 Å². The molecule has 4 aliphatic carbocycles. The average molecular weight is 480 g/mol. The maximum absolute atomic E-state index is 6.35. The highest BCUT2D eigenvalue weighted by molar-refractivity contribution is 5.80. The first-order chi connectivity index (χ1) is 17.6. The highest BCUT2D eigenvalue weighted by atomic mass is 16.5. The molecule has 2 aromatic heterocycles. The molecule has 1 aromatic carbocycles. The third kappa shape index (κ3) is 3.37. The first kappa shape index (κ1) is 22.5. The largest absolute Gasteiger partial charge is 0.369 e. The number of pyridine rings is 1. The first-order valence-electron chi connectivity index (χ1n) is 13.9. The molecule has 4 aliphatic rings. The summed E-state index contributed by atoms with van der Waals surface area (Å²) in [5.41, 5.74) is 7.32. The van der Waals surface area contributed by atoms with Crippen molar-refractivity contribution in [2.24, 2.45) is 28.6 Å². The van der Waals surface area contributed by atoms with Crippen molar-refractivity contribution in [1.82, 2.24) is 14.5 Å². The number of rotatable bonds is 4. The number of para-hydroxylation sites is 2. The lowest BCUT2D eigenvalue weighted by atomic mass is 9.47. The molecule has 2 saturated carbocycles. The lowest BCUT2D eigenvalue weighted by Gasteiger charge is -2.58. The summed E-state index contributed by atoms with van der Waals surface area (Å²) in [6, 6.07) is 12.7. The molecule has 0 radical (unpaired) electrons. The molecule has 0 amide bonds. The van der Waals surface area contributed by atoms with Gasteiger partial charge < -0.3 is 9.30 Å². The summed E-state index contributed by atoms with van der Waals surface area (Å²) in [5.74, 6) is 2.35. The van der Waals surface area contributed by atoms with Crippen LogP contribution in [0, 0.1) is 28.6 Å². The van der Waals surface area contributed by atoms with Crippen molar-refractivity contribution in [3.05, 3.63) is 78.4 Å². The Morgan fingerprint density at radius 1 is 0.972 bits per heavy atom. The number of hydrogen-bond acceptors (Lipinski definition) is 3. The highest BCUT2D eigenvalue weighted by Crippen LogP contribution is 2.66. The van der Waals surface area contributed by atoms with Gasteiger partial charge in [-0.2, -0.15) is 0 Å². The van der Waals surface area contributed by atoms with Gasteiger partial charge in [-0.1, -0.05) is 43.7 Å². The number of fused-ring (bicyclic) bond motifs is 6. The van der Waals surface area contributed by atoms with Crippen molar-refractivity contribution in [1.29, 1.82) is 0 Å². The Kier molecular flexibility index (Phi) is 5.25. The van der Waals surface area contributed by atoms with Crippen LogP contribution >= 0.6 is 0 Å². The van der Waals surface area contributed by atoms with E-state index in [0.29, 0.717) is 12.0 Å². The molecule has 0 bridgehead atoms. The summed E-state index contributed by atoms with van der Waals surface area (Å²) in [5, 5.41) is 0.